The van der Waals surface area contributed by atoms with Gasteiger partial charge in [-0.25, -0.2) is 13.8 Å². The molecule has 128 valence electrons. The molecule has 0 atom stereocenters. The lowest BCUT2D eigenvalue weighted by molar-refractivity contribution is -0.0221. The fraction of sp³-hybridized carbons (Fsp3) is 0.706. The number of hydrogen-bond donors (Lipinski definition) is 1. The third-order valence-corrected chi connectivity index (χ3v) is 4.54. The molecule has 0 radical (unpaired) electrons. The van der Waals surface area contributed by atoms with Gasteiger partial charge in [-0.05, 0) is 25.5 Å². The summed E-state index contributed by atoms with van der Waals surface area (Å²) in [5, 5.41) is 9.95. The largest absolute Gasteiger partial charge is 0.389 e. The summed E-state index contributed by atoms with van der Waals surface area (Å²) in [5.41, 5.74) is 1.53. The van der Waals surface area contributed by atoms with Gasteiger partial charge in [0.25, 0.3) is 5.92 Å². The van der Waals surface area contributed by atoms with Crippen LogP contribution in [-0.4, -0.2) is 52.7 Å². The van der Waals surface area contributed by atoms with Gasteiger partial charge < -0.3 is 10.0 Å². The van der Waals surface area contributed by atoms with Crippen molar-refractivity contribution in [3.8, 4) is 0 Å². The zero-order chi connectivity index (χ0) is 16.7. The Morgan fingerprint density at radius 1 is 1.22 bits per heavy atom. The van der Waals surface area contributed by atoms with Gasteiger partial charge in [0.1, 0.15) is 5.82 Å². The van der Waals surface area contributed by atoms with Crippen LogP contribution in [0, 0.1) is 0 Å². The number of nitrogens with zero attached hydrogens (tertiary/aromatic N) is 3. The molecule has 1 aromatic heterocycles. The van der Waals surface area contributed by atoms with E-state index in [1.165, 1.54) is 5.56 Å². The van der Waals surface area contributed by atoms with E-state index >= 15 is 0 Å². The van der Waals surface area contributed by atoms with Gasteiger partial charge in [0.15, 0.2) is 0 Å². The second-order valence-electron chi connectivity index (χ2n) is 7.39. The van der Waals surface area contributed by atoms with Gasteiger partial charge in [0.05, 0.1) is 5.60 Å². The second kappa shape index (κ2) is 5.98. The van der Waals surface area contributed by atoms with Gasteiger partial charge in [-0.2, -0.15) is 0 Å². The molecule has 0 saturated carbocycles. The van der Waals surface area contributed by atoms with Crippen LogP contribution in [0.4, 0.5) is 14.6 Å². The Balaban J connectivity index is 1.67. The van der Waals surface area contributed by atoms with E-state index in [-0.39, 0.29) is 12.8 Å². The van der Waals surface area contributed by atoms with Gasteiger partial charge in [-0.15, -0.1) is 0 Å². The maximum atomic E-state index is 13.3. The molecule has 0 amide bonds. The normalized spacial score (nSPS) is 22.0. The SMILES string of the molecule is CC(C)(O)CN1CCc2nc(N3CCC(F)(F)CC3)ccc2C1. The van der Waals surface area contributed by atoms with E-state index in [0.717, 1.165) is 31.0 Å². The van der Waals surface area contributed by atoms with Crippen molar-refractivity contribution in [2.45, 2.75) is 51.2 Å². The van der Waals surface area contributed by atoms with Crippen molar-refractivity contribution in [3.63, 3.8) is 0 Å². The summed E-state index contributed by atoms with van der Waals surface area (Å²) >= 11 is 0. The molecular weight excluding hydrogens is 300 g/mol. The maximum Gasteiger partial charge on any atom is 0.251 e. The summed E-state index contributed by atoms with van der Waals surface area (Å²) in [6, 6.07) is 4.00. The monoisotopic (exact) mass is 325 g/mol. The molecule has 0 aromatic carbocycles. The first-order valence-electron chi connectivity index (χ1n) is 8.28. The molecule has 1 saturated heterocycles. The summed E-state index contributed by atoms with van der Waals surface area (Å²) in [6.07, 6.45) is 0.652. The second-order valence-corrected chi connectivity index (χ2v) is 7.39. The number of aromatic nitrogens is 1. The van der Waals surface area contributed by atoms with E-state index in [0.29, 0.717) is 19.6 Å². The minimum atomic E-state index is -2.53. The highest BCUT2D eigenvalue weighted by molar-refractivity contribution is 5.43. The van der Waals surface area contributed by atoms with E-state index in [9.17, 15) is 13.9 Å². The van der Waals surface area contributed by atoms with Gasteiger partial charge in [-0.3, -0.25) is 4.90 Å². The number of pyridine rings is 1. The quantitative estimate of drug-likeness (QED) is 0.927. The molecule has 1 aromatic rings. The lowest BCUT2D eigenvalue weighted by Crippen LogP contribution is -2.42. The highest BCUT2D eigenvalue weighted by Gasteiger charge is 2.34. The van der Waals surface area contributed by atoms with Gasteiger partial charge in [0.2, 0.25) is 0 Å². The zero-order valence-corrected chi connectivity index (χ0v) is 13.9. The van der Waals surface area contributed by atoms with Crippen LogP contribution in [0.1, 0.15) is 37.9 Å². The molecule has 2 aliphatic heterocycles. The molecule has 6 heteroatoms. The maximum absolute atomic E-state index is 13.3. The van der Waals surface area contributed by atoms with Crippen LogP contribution < -0.4 is 4.90 Å². The summed E-state index contributed by atoms with van der Waals surface area (Å²) in [5.74, 6) is -1.71. The highest BCUT2D eigenvalue weighted by Crippen LogP contribution is 2.30. The van der Waals surface area contributed by atoms with Crippen LogP contribution in [0.2, 0.25) is 0 Å². The molecular formula is C17H25F2N3O. The minimum Gasteiger partial charge on any atom is -0.389 e. The number of rotatable bonds is 3. The van der Waals surface area contributed by atoms with E-state index < -0.39 is 11.5 Å². The topological polar surface area (TPSA) is 39.6 Å². The summed E-state index contributed by atoms with van der Waals surface area (Å²) in [4.78, 5) is 8.89. The fourth-order valence-corrected chi connectivity index (χ4v) is 3.38. The number of alkyl halides is 2. The average Bonchev–Trinajstić information content (AvgIpc) is 2.45. The molecule has 0 spiro atoms. The standard InChI is InChI=1S/C17H25F2N3O/c1-16(2,23)12-21-8-5-14-13(11-21)3-4-15(20-14)22-9-6-17(18,19)7-10-22/h3-4,23H,5-12H2,1-2H3. The van der Waals surface area contributed by atoms with E-state index in [4.69, 9.17) is 4.98 Å². The molecule has 1 N–H and O–H groups in total. The summed E-state index contributed by atoms with van der Waals surface area (Å²) in [7, 11) is 0. The Kier molecular flexibility index (Phi) is 4.31. The van der Waals surface area contributed by atoms with Gasteiger partial charge in [0, 0.05) is 57.7 Å². The summed E-state index contributed by atoms with van der Waals surface area (Å²) in [6.45, 7) is 6.64. The van der Waals surface area contributed by atoms with Crippen molar-refractivity contribution in [1.29, 1.82) is 0 Å². The van der Waals surface area contributed by atoms with Crippen LogP contribution in [0.15, 0.2) is 12.1 Å². The smallest absolute Gasteiger partial charge is 0.251 e. The Bertz CT molecular complexity index is 561. The van der Waals surface area contributed by atoms with Crippen molar-refractivity contribution in [2.24, 2.45) is 0 Å². The van der Waals surface area contributed by atoms with Crippen molar-refractivity contribution in [2.75, 3.05) is 31.1 Å². The number of piperidine rings is 1. The first kappa shape index (κ1) is 16.6. The molecule has 0 unspecified atom stereocenters. The third kappa shape index (κ3) is 4.18. The van der Waals surface area contributed by atoms with Crippen molar-refractivity contribution in [1.82, 2.24) is 9.88 Å². The molecule has 2 aliphatic rings. The predicted octanol–water partition coefficient (Wildman–Crippen LogP) is 2.45. The third-order valence-electron chi connectivity index (χ3n) is 4.54. The average molecular weight is 325 g/mol. The van der Waals surface area contributed by atoms with E-state index in [1.54, 1.807) is 0 Å². The minimum absolute atomic E-state index is 0.0921. The lowest BCUT2D eigenvalue weighted by atomic mass is 10.0. The van der Waals surface area contributed by atoms with E-state index in [2.05, 4.69) is 11.0 Å². The first-order valence-corrected chi connectivity index (χ1v) is 8.28. The predicted molar refractivity (Wildman–Crippen MR) is 85.9 cm³/mol. The molecule has 0 bridgehead atoms. The first-order chi connectivity index (χ1) is 10.7. The molecule has 4 nitrogen and oxygen atoms in total. The van der Waals surface area contributed by atoms with Crippen LogP contribution in [-0.2, 0) is 13.0 Å². The fourth-order valence-electron chi connectivity index (χ4n) is 3.38. The zero-order valence-electron chi connectivity index (χ0n) is 13.9. The van der Waals surface area contributed by atoms with Crippen molar-refractivity contribution >= 4 is 5.82 Å². The Hall–Kier alpha value is -1.27. The molecule has 3 rings (SSSR count). The van der Waals surface area contributed by atoms with Crippen molar-refractivity contribution in [3.05, 3.63) is 23.4 Å². The molecule has 0 aliphatic carbocycles. The number of β-amino-alcohol motifs (C(OH)–C–C–N with tert-alkyl or cyclic N) is 1. The van der Waals surface area contributed by atoms with E-state index in [1.807, 2.05) is 24.8 Å². The summed E-state index contributed by atoms with van der Waals surface area (Å²) < 4.78 is 26.5. The number of halogens is 2. The molecule has 3 heterocycles. The number of hydrogen-bond acceptors (Lipinski definition) is 4. The Morgan fingerprint density at radius 2 is 1.91 bits per heavy atom. The lowest BCUT2D eigenvalue weighted by Gasteiger charge is -2.35. The number of fused-ring (bicyclic) bond motifs is 1. The number of anilines is 1. The Morgan fingerprint density at radius 3 is 2.57 bits per heavy atom. The van der Waals surface area contributed by atoms with Gasteiger partial charge in [-0.1, -0.05) is 6.07 Å². The van der Waals surface area contributed by atoms with Crippen LogP contribution in [0.25, 0.3) is 0 Å². The highest BCUT2D eigenvalue weighted by atomic mass is 19.3. The Labute approximate surface area is 136 Å². The van der Waals surface area contributed by atoms with Gasteiger partial charge >= 0.3 is 0 Å². The van der Waals surface area contributed by atoms with Crippen LogP contribution in [0.5, 0.6) is 0 Å². The van der Waals surface area contributed by atoms with Crippen molar-refractivity contribution < 1.29 is 13.9 Å². The molecule has 23 heavy (non-hydrogen) atoms. The van der Waals surface area contributed by atoms with Crippen LogP contribution in [0.3, 0.4) is 0 Å². The number of aliphatic hydroxyl groups is 1. The van der Waals surface area contributed by atoms with Crippen LogP contribution >= 0.6 is 0 Å². The molecule has 1 fully saturated rings.